The van der Waals surface area contributed by atoms with E-state index in [9.17, 15) is 18.0 Å². The summed E-state index contributed by atoms with van der Waals surface area (Å²) in [6.45, 7) is 0.235. The Morgan fingerprint density at radius 3 is 2.65 bits per heavy atom. The van der Waals surface area contributed by atoms with E-state index in [-0.39, 0.29) is 41.0 Å². The second kappa shape index (κ2) is 6.64. The van der Waals surface area contributed by atoms with Crippen LogP contribution >= 0.6 is 11.8 Å². The van der Waals surface area contributed by atoms with Crippen molar-refractivity contribution in [1.29, 1.82) is 0 Å². The number of carbonyl (C=O) groups is 1. The molecule has 9 heteroatoms. The first-order valence-corrected chi connectivity index (χ1v) is 8.76. The van der Waals surface area contributed by atoms with E-state index in [1.807, 2.05) is 0 Å². The van der Waals surface area contributed by atoms with Gasteiger partial charge in [-0.2, -0.15) is 13.2 Å². The van der Waals surface area contributed by atoms with Gasteiger partial charge in [0.05, 0.1) is 18.4 Å². The quantitative estimate of drug-likeness (QED) is 0.759. The number of Topliss-reactive ketones (excluding diaryl/α,β-unsaturated/α-hetero) is 1. The Hall–Kier alpha value is -1.97. The van der Waals surface area contributed by atoms with Crippen LogP contribution < -0.4 is 0 Å². The predicted molar refractivity (Wildman–Crippen MR) is 86.4 cm³/mol. The van der Waals surface area contributed by atoms with Crippen LogP contribution in [0.1, 0.15) is 12.1 Å². The van der Waals surface area contributed by atoms with Crippen LogP contribution in [0.5, 0.6) is 0 Å². The highest BCUT2D eigenvalue weighted by Gasteiger charge is 2.44. The van der Waals surface area contributed by atoms with E-state index in [4.69, 9.17) is 9.47 Å². The topological polar surface area (TPSA) is 61.3 Å². The van der Waals surface area contributed by atoms with Crippen LogP contribution in [0.25, 0.3) is 11.3 Å². The lowest BCUT2D eigenvalue weighted by Crippen LogP contribution is -2.37. The molecular weight excluding hydrogens is 369 g/mol. The lowest BCUT2D eigenvalue weighted by molar-refractivity contribution is -0.151. The third-order valence-corrected chi connectivity index (χ3v) is 5.28. The molecule has 0 radical (unpaired) electrons. The number of ether oxygens (including phenoxy) is 2. The van der Waals surface area contributed by atoms with E-state index < -0.39 is 18.2 Å². The molecule has 0 aliphatic carbocycles. The highest BCUT2D eigenvalue weighted by atomic mass is 32.2. The van der Waals surface area contributed by atoms with Gasteiger partial charge in [0, 0.05) is 17.2 Å². The zero-order valence-electron chi connectivity index (χ0n) is 13.3. The maximum atomic E-state index is 13.3. The summed E-state index contributed by atoms with van der Waals surface area (Å²) in [5.41, 5.74) is -0.279. The van der Waals surface area contributed by atoms with Crippen molar-refractivity contribution < 1.29 is 27.4 Å². The van der Waals surface area contributed by atoms with Crippen molar-refractivity contribution in [2.24, 2.45) is 0 Å². The molecular formula is C17H13F3N2O3S. The van der Waals surface area contributed by atoms with Crippen molar-refractivity contribution in [3.8, 4) is 11.3 Å². The number of carbonyl (C=O) groups excluding carboxylic acids is 1. The number of hydrogen-bond acceptors (Lipinski definition) is 6. The first-order valence-electron chi connectivity index (χ1n) is 7.88. The van der Waals surface area contributed by atoms with E-state index >= 15 is 0 Å². The van der Waals surface area contributed by atoms with Gasteiger partial charge in [-0.1, -0.05) is 42.1 Å². The van der Waals surface area contributed by atoms with Gasteiger partial charge in [0.25, 0.3) is 0 Å². The van der Waals surface area contributed by atoms with Gasteiger partial charge in [-0.3, -0.25) is 4.79 Å². The number of alkyl halides is 3. The Kier molecular flexibility index (Phi) is 4.45. The fourth-order valence-corrected chi connectivity index (χ4v) is 3.96. The normalized spacial score (nSPS) is 25.5. The van der Waals surface area contributed by atoms with E-state index in [0.717, 1.165) is 17.8 Å². The summed E-state index contributed by atoms with van der Waals surface area (Å²) in [5.74, 6) is -0.216. The number of rotatable bonds is 3. The molecule has 4 rings (SSSR count). The molecule has 2 aromatic rings. The highest BCUT2D eigenvalue weighted by Crippen LogP contribution is 2.37. The highest BCUT2D eigenvalue weighted by molar-refractivity contribution is 7.99. The lowest BCUT2D eigenvalue weighted by atomic mass is 10.1. The van der Waals surface area contributed by atoms with E-state index in [1.165, 1.54) is 0 Å². The molecule has 2 fully saturated rings. The number of ketones is 1. The summed E-state index contributed by atoms with van der Waals surface area (Å²) in [5, 5.41) is -0.418. The first-order chi connectivity index (χ1) is 12.4. The molecule has 1 aromatic carbocycles. The zero-order valence-corrected chi connectivity index (χ0v) is 14.1. The SMILES string of the molecule is O=C1C[C@H](Sc2nc(-c3ccccc3)cc(C(F)(F)F)n2)[C@H]2CO[C@@H]1O2. The van der Waals surface area contributed by atoms with Crippen LogP contribution in [0.3, 0.4) is 0 Å². The number of benzene rings is 1. The Balaban J connectivity index is 1.68. The van der Waals surface area contributed by atoms with E-state index in [1.54, 1.807) is 30.3 Å². The van der Waals surface area contributed by atoms with Gasteiger partial charge in [-0.15, -0.1) is 0 Å². The summed E-state index contributed by atoms with van der Waals surface area (Å²) in [7, 11) is 0. The second-order valence-corrected chi connectivity index (χ2v) is 7.16. The van der Waals surface area contributed by atoms with Crippen molar-refractivity contribution in [1.82, 2.24) is 9.97 Å². The molecule has 3 atom stereocenters. The Morgan fingerprint density at radius 1 is 1.15 bits per heavy atom. The fourth-order valence-electron chi connectivity index (χ4n) is 2.84. The third kappa shape index (κ3) is 3.46. The van der Waals surface area contributed by atoms with Gasteiger partial charge in [0.1, 0.15) is 5.69 Å². The molecule has 0 spiro atoms. The Morgan fingerprint density at radius 2 is 1.92 bits per heavy atom. The summed E-state index contributed by atoms with van der Waals surface area (Å²) in [6.07, 6.45) is -5.65. The maximum Gasteiger partial charge on any atom is 0.433 e. The summed E-state index contributed by atoms with van der Waals surface area (Å²) < 4.78 is 50.4. The monoisotopic (exact) mass is 382 g/mol. The Labute approximate surface area is 150 Å². The van der Waals surface area contributed by atoms with Crippen LogP contribution in [0, 0.1) is 0 Å². The van der Waals surface area contributed by atoms with E-state index in [0.29, 0.717) is 5.56 Å². The molecule has 2 bridgehead atoms. The molecule has 0 unspecified atom stereocenters. The summed E-state index contributed by atoms with van der Waals surface area (Å²) in [4.78, 5) is 19.8. The number of fused-ring (bicyclic) bond motifs is 2. The van der Waals surface area contributed by atoms with Crippen LogP contribution in [0.4, 0.5) is 13.2 Å². The molecule has 2 aliphatic heterocycles. The lowest BCUT2D eigenvalue weighted by Gasteiger charge is -2.25. The van der Waals surface area contributed by atoms with Gasteiger partial charge in [-0.25, -0.2) is 9.97 Å². The van der Waals surface area contributed by atoms with Crippen LogP contribution in [0.2, 0.25) is 0 Å². The minimum Gasteiger partial charge on any atom is -0.343 e. The minimum atomic E-state index is -4.60. The minimum absolute atomic E-state index is 0.0366. The standard InChI is InChI=1S/C17H13F3N2O3S/c18-17(19,20)14-6-10(9-4-2-1-3-5-9)21-16(22-14)26-13-7-11(23)15-24-8-12(13)25-15/h1-6,12-13,15H,7-8H2/t12-,13+,15-/m1/s1. The third-order valence-electron chi connectivity index (χ3n) is 4.11. The molecule has 0 N–H and O–H groups in total. The van der Waals surface area contributed by atoms with Gasteiger partial charge in [0.15, 0.2) is 10.9 Å². The zero-order chi connectivity index (χ0) is 18.3. The van der Waals surface area contributed by atoms with Gasteiger partial charge >= 0.3 is 6.18 Å². The largest absolute Gasteiger partial charge is 0.433 e. The molecule has 5 nitrogen and oxygen atoms in total. The molecule has 2 saturated heterocycles. The molecule has 2 aliphatic rings. The number of thioether (sulfide) groups is 1. The number of nitrogens with zero attached hydrogens (tertiary/aromatic N) is 2. The van der Waals surface area contributed by atoms with Crippen molar-refractivity contribution in [3.63, 3.8) is 0 Å². The van der Waals surface area contributed by atoms with Gasteiger partial charge < -0.3 is 9.47 Å². The molecule has 1 aromatic heterocycles. The van der Waals surface area contributed by atoms with Gasteiger partial charge in [0.2, 0.25) is 6.29 Å². The van der Waals surface area contributed by atoms with Crippen LogP contribution in [0.15, 0.2) is 41.6 Å². The average Bonchev–Trinajstić information content (AvgIpc) is 3.06. The molecule has 26 heavy (non-hydrogen) atoms. The predicted octanol–water partition coefficient (Wildman–Crippen LogP) is 3.34. The number of aromatic nitrogens is 2. The van der Waals surface area contributed by atoms with Gasteiger partial charge in [-0.05, 0) is 6.07 Å². The fraction of sp³-hybridized carbons (Fsp3) is 0.353. The summed E-state index contributed by atoms with van der Waals surface area (Å²) in [6, 6.07) is 9.50. The van der Waals surface area contributed by atoms with Crippen molar-refractivity contribution >= 4 is 17.5 Å². The van der Waals surface area contributed by atoms with Crippen molar-refractivity contribution in [3.05, 3.63) is 42.1 Å². The number of halogens is 3. The summed E-state index contributed by atoms with van der Waals surface area (Å²) >= 11 is 1.02. The van der Waals surface area contributed by atoms with Crippen LogP contribution in [-0.2, 0) is 20.4 Å². The maximum absolute atomic E-state index is 13.3. The van der Waals surface area contributed by atoms with Crippen molar-refractivity contribution in [2.45, 2.75) is 35.4 Å². The molecule has 0 amide bonds. The van der Waals surface area contributed by atoms with E-state index in [2.05, 4.69) is 9.97 Å². The first kappa shape index (κ1) is 17.4. The molecule has 136 valence electrons. The Bertz CT molecular complexity index is 832. The van der Waals surface area contributed by atoms with Crippen LogP contribution in [-0.4, -0.2) is 40.0 Å². The smallest absolute Gasteiger partial charge is 0.343 e. The molecule has 3 heterocycles. The molecule has 0 saturated carbocycles. The van der Waals surface area contributed by atoms with Crippen molar-refractivity contribution in [2.75, 3.05) is 6.61 Å². The average molecular weight is 382 g/mol. The number of hydrogen-bond donors (Lipinski definition) is 0. The second-order valence-electron chi connectivity index (χ2n) is 5.95.